The fourth-order valence-corrected chi connectivity index (χ4v) is 0.838. The van der Waals surface area contributed by atoms with E-state index in [0.717, 1.165) is 0 Å². The summed E-state index contributed by atoms with van der Waals surface area (Å²) in [5.41, 5.74) is -2.02. The highest BCUT2D eigenvalue weighted by atomic mass is 19.4. The third-order valence-corrected chi connectivity index (χ3v) is 1.34. The lowest BCUT2D eigenvalue weighted by Gasteiger charge is -2.07. The summed E-state index contributed by atoms with van der Waals surface area (Å²) in [5, 5.41) is 9.81. The maximum absolute atomic E-state index is 12.6. The van der Waals surface area contributed by atoms with Crippen LogP contribution in [0.2, 0.25) is 0 Å². The molecule has 15 heavy (non-hydrogen) atoms. The first-order valence-electron chi connectivity index (χ1n) is 3.54. The minimum Gasteiger partial charge on any atom is -0.465 e. The Hall–Kier alpha value is -1.86. The summed E-state index contributed by atoms with van der Waals surface area (Å²) in [5.74, 6) is -1.41. The molecule has 1 rings (SSSR count). The maximum Gasteiger partial charge on any atom is 0.433 e. The first kappa shape index (κ1) is 11.2. The Morgan fingerprint density at radius 3 is 2.47 bits per heavy atom. The zero-order valence-electron chi connectivity index (χ0n) is 6.97. The van der Waals surface area contributed by atoms with E-state index in [9.17, 15) is 22.4 Å². The first-order chi connectivity index (χ1) is 6.79. The molecule has 82 valence electrons. The summed E-state index contributed by atoms with van der Waals surface area (Å²) < 4.78 is 48.8. The Balaban J connectivity index is 3.11. The van der Waals surface area contributed by atoms with Gasteiger partial charge in [-0.2, -0.15) is 17.6 Å². The summed E-state index contributed by atoms with van der Waals surface area (Å²) in [6.07, 6.45) is -6.41. The van der Waals surface area contributed by atoms with Gasteiger partial charge in [-0.1, -0.05) is 0 Å². The van der Waals surface area contributed by atoms with Gasteiger partial charge in [0.2, 0.25) is 5.95 Å². The number of carboxylic acid groups (broad SMARTS) is 1. The molecule has 0 bridgehead atoms. The maximum atomic E-state index is 12.6. The lowest BCUT2D eigenvalue weighted by atomic mass is 10.3. The van der Waals surface area contributed by atoms with Gasteiger partial charge in [0.15, 0.2) is 0 Å². The number of nitrogens with zero attached hydrogens (tertiary/aromatic N) is 1. The van der Waals surface area contributed by atoms with E-state index in [-0.39, 0.29) is 0 Å². The van der Waals surface area contributed by atoms with Gasteiger partial charge in [0.25, 0.3) is 0 Å². The fraction of sp³-hybridized carbons (Fsp3) is 0.143. The Morgan fingerprint density at radius 1 is 1.40 bits per heavy atom. The molecule has 0 unspecified atom stereocenters. The van der Waals surface area contributed by atoms with Gasteiger partial charge in [0.1, 0.15) is 5.69 Å². The molecule has 0 aliphatic heterocycles. The second-order valence-electron chi connectivity index (χ2n) is 2.49. The number of hydrogen-bond acceptors (Lipinski definition) is 2. The molecule has 0 aromatic carbocycles. The molecular weight excluding hydrogens is 220 g/mol. The van der Waals surface area contributed by atoms with Crippen LogP contribution in [0.4, 0.5) is 28.0 Å². The van der Waals surface area contributed by atoms with Gasteiger partial charge in [-0.05, 0) is 6.07 Å². The number of hydrogen-bond donors (Lipinski definition) is 2. The van der Waals surface area contributed by atoms with Gasteiger partial charge in [0, 0.05) is 6.07 Å². The molecule has 1 aromatic rings. The average Bonchev–Trinajstić information content (AvgIpc) is 1.99. The third kappa shape index (κ3) is 3.08. The van der Waals surface area contributed by atoms with E-state index in [1.807, 2.05) is 0 Å². The van der Waals surface area contributed by atoms with Crippen molar-refractivity contribution in [1.82, 2.24) is 4.98 Å². The molecule has 0 fully saturated rings. The van der Waals surface area contributed by atoms with Crippen LogP contribution in [0.25, 0.3) is 0 Å². The number of alkyl halides is 3. The van der Waals surface area contributed by atoms with E-state index in [4.69, 9.17) is 5.11 Å². The molecule has 1 amide bonds. The van der Waals surface area contributed by atoms with Crippen LogP contribution in [0.15, 0.2) is 12.1 Å². The summed E-state index contributed by atoms with van der Waals surface area (Å²) >= 11 is 0. The number of rotatable bonds is 1. The Kier molecular flexibility index (Phi) is 2.78. The number of halogens is 4. The molecule has 0 aliphatic carbocycles. The third-order valence-electron chi connectivity index (χ3n) is 1.34. The highest BCUT2D eigenvalue weighted by molar-refractivity contribution is 5.82. The standard InChI is InChI=1S/C7H4F4N2O2/c8-5-2-3(12-6(14)15)1-4(13-5)7(9,10)11/h1-2H,(H,12,13)(H,14,15). The number of amides is 1. The molecule has 1 heterocycles. The van der Waals surface area contributed by atoms with Gasteiger partial charge in [-0.3, -0.25) is 5.32 Å². The van der Waals surface area contributed by atoms with Crippen molar-refractivity contribution in [1.29, 1.82) is 0 Å². The van der Waals surface area contributed by atoms with E-state index in [0.29, 0.717) is 12.1 Å². The summed E-state index contributed by atoms with van der Waals surface area (Å²) in [6.45, 7) is 0. The number of nitrogens with one attached hydrogen (secondary N) is 1. The van der Waals surface area contributed by atoms with Crippen LogP contribution in [0.5, 0.6) is 0 Å². The van der Waals surface area contributed by atoms with Crippen molar-refractivity contribution in [2.45, 2.75) is 6.18 Å². The molecule has 0 atom stereocenters. The van der Waals surface area contributed by atoms with Crippen LogP contribution in [0, 0.1) is 5.95 Å². The van der Waals surface area contributed by atoms with Gasteiger partial charge in [-0.15, -0.1) is 0 Å². The van der Waals surface area contributed by atoms with E-state index in [1.165, 1.54) is 0 Å². The van der Waals surface area contributed by atoms with Crippen molar-refractivity contribution in [2.24, 2.45) is 0 Å². The van der Waals surface area contributed by atoms with Crippen molar-refractivity contribution in [2.75, 3.05) is 5.32 Å². The Morgan fingerprint density at radius 2 is 2.00 bits per heavy atom. The molecule has 0 spiro atoms. The monoisotopic (exact) mass is 224 g/mol. The highest BCUT2D eigenvalue weighted by Crippen LogP contribution is 2.29. The van der Waals surface area contributed by atoms with Crippen LogP contribution in [-0.4, -0.2) is 16.2 Å². The molecule has 1 aromatic heterocycles. The Labute approximate surface area is 80.5 Å². The van der Waals surface area contributed by atoms with Crippen LogP contribution in [0.1, 0.15) is 5.69 Å². The van der Waals surface area contributed by atoms with Gasteiger partial charge < -0.3 is 5.11 Å². The van der Waals surface area contributed by atoms with Crippen molar-refractivity contribution in [3.8, 4) is 0 Å². The predicted molar refractivity (Wildman–Crippen MR) is 40.8 cm³/mol. The molecule has 0 saturated carbocycles. The van der Waals surface area contributed by atoms with Crippen molar-refractivity contribution >= 4 is 11.8 Å². The predicted octanol–water partition coefficient (Wildman–Crippen LogP) is 2.33. The topological polar surface area (TPSA) is 62.2 Å². The van der Waals surface area contributed by atoms with Crippen LogP contribution in [0.3, 0.4) is 0 Å². The first-order valence-corrected chi connectivity index (χ1v) is 3.54. The zero-order valence-corrected chi connectivity index (χ0v) is 6.97. The molecule has 0 aliphatic rings. The van der Waals surface area contributed by atoms with E-state index in [2.05, 4.69) is 4.98 Å². The second kappa shape index (κ2) is 3.71. The molecule has 0 saturated heterocycles. The van der Waals surface area contributed by atoms with Crippen molar-refractivity contribution in [3.63, 3.8) is 0 Å². The molecule has 0 radical (unpaired) electrons. The number of carbonyl (C=O) groups is 1. The molecule has 2 N–H and O–H groups in total. The molecule has 8 heteroatoms. The van der Waals surface area contributed by atoms with Gasteiger partial charge in [0.05, 0.1) is 5.69 Å². The van der Waals surface area contributed by atoms with Gasteiger partial charge in [-0.25, -0.2) is 9.78 Å². The normalized spacial score (nSPS) is 11.2. The van der Waals surface area contributed by atoms with Crippen LogP contribution >= 0.6 is 0 Å². The number of aromatic nitrogens is 1. The summed E-state index contributed by atoms with van der Waals surface area (Å²) in [7, 11) is 0. The van der Waals surface area contributed by atoms with E-state index < -0.39 is 29.6 Å². The number of pyridine rings is 1. The van der Waals surface area contributed by atoms with E-state index >= 15 is 0 Å². The SMILES string of the molecule is O=C(O)Nc1cc(F)nc(C(F)(F)F)c1. The molecular formula is C7H4F4N2O2. The quantitative estimate of drug-likeness (QED) is 0.568. The van der Waals surface area contributed by atoms with E-state index in [1.54, 1.807) is 5.32 Å². The second-order valence-corrected chi connectivity index (χ2v) is 2.49. The van der Waals surface area contributed by atoms with Gasteiger partial charge >= 0.3 is 12.3 Å². The van der Waals surface area contributed by atoms with Crippen LogP contribution < -0.4 is 5.32 Å². The zero-order chi connectivity index (χ0) is 11.6. The van der Waals surface area contributed by atoms with Crippen molar-refractivity contribution < 1.29 is 27.5 Å². The lowest BCUT2D eigenvalue weighted by molar-refractivity contribution is -0.141. The lowest BCUT2D eigenvalue weighted by Crippen LogP contribution is -2.13. The molecule has 4 nitrogen and oxygen atoms in total. The largest absolute Gasteiger partial charge is 0.465 e. The minimum absolute atomic E-state index is 0.400. The smallest absolute Gasteiger partial charge is 0.433 e. The summed E-state index contributed by atoms with van der Waals surface area (Å²) in [6, 6.07) is 0.945. The number of anilines is 1. The Bertz CT molecular complexity index is 391. The minimum atomic E-state index is -4.82. The van der Waals surface area contributed by atoms with Crippen molar-refractivity contribution in [3.05, 3.63) is 23.8 Å². The summed E-state index contributed by atoms with van der Waals surface area (Å²) in [4.78, 5) is 12.7. The van der Waals surface area contributed by atoms with Crippen LogP contribution in [-0.2, 0) is 6.18 Å². The average molecular weight is 224 g/mol. The highest BCUT2D eigenvalue weighted by Gasteiger charge is 2.33. The fourth-order valence-electron chi connectivity index (χ4n) is 0.838.